The van der Waals surface area contributed by atoms with E-state index in [4.69, 9.17) is 11.5 Å². The molecule has 0 bridgehead atoms. The number of carboxylic acids is 1. The maximum Gasteiger partial charge on any atom is 0.305 e. The van der Waals surface area contributed by atoms with Gasteiger partial charge in [-0.25, -0.2) is 0 Å². The first kappa shape index (κ1) is 102. The van der Waals surface area contributed by atoms with Gasteiger partial charge in [0.25, 0.3) is 0 Å². The van der Waals surface area contributed by atoms with Crippen LogP contribution in [0.15, 0.2) is 170 Å². The van der Waals surface area contributed by atoms with Crippen LogP contribution in [0.5, 0.6) is 5.75 Å². The standard InChI is InChI=1S/C94H121N17O18S/c1-11-12-32-75-92(127)108(7)53-80(115)100-71(48-82(117)118)88(123)106-83(57(4)5)94(129)110(9)76(45-59-26-18-14-19-27-59)89(124)104-72(44-61-33-35-63(49-95)36-34-61)90(125)107(6)52-79(114)99-70(47-64-50-97-67-31-23-22-30-66(64)67)87(122)103-69(42-62-37-39-65(112)40-38-62)86(121)102-68(41-56(2)3)85(120)105-74(84(119)98-51-78(96)113)54-130-55-81(116)101-73(43-58-24-16-13-17-25-58)91(126)111(10)77(93(128)109(75)8)46-60-28-20-15-21-29-60/h13-31,33-40,50,56-57,68-77,83,97,112H,11-12,32,41-49,51-55,95H2,1-10H3,(H2,96,113)(H,98,119)(H,99,114)(H,100,115)(H,101,116)(H,102,121)(H,103,122)(H,104,124)(H,105,120)(H,106,123)(H,117,118)/t68-,69-,70-,71-,72-,73-,74-,75-,76-,77-,83-/m0/s1. The smallest absolute Gasteiger partial charge is 0.305 e. The van der Waals surface area contributed by atoms with Crippen molar-refractivity contribution in [1.29, 1.82) is 0 Å². The Morgan fingerprint density at radius 1 is 0.469 bits per heavy atom. The number of carbonyl (C=O) groups is 16. The summed E-state index contributed by atoms with van der Waals surface area (Å²) in [5, 5.41) is 45.4. The Balaban J connectivity index is 1.22. The molecule has 696 valence electrons. The lowest BCUT2D eigenvalue weighted by molar-refractivity contribution is -0.151. The van der Waals surface area contributed by atoms with Crippen molar-refractivity contribution < 1.29 is 86.9 Å². The quantitative estimate of drug-likeness (QED) is 0.0412. The molecule has 130 heavy (non-hydrogen) atoms. The number of fused-ring (bicyclic) bond motifs is 1. The number of para-hydroxylation sites is 1. The summed E-state index contributed by atoms with van der Waals surface area (Å²) in [6.07, 6.45) is 0.247. The summed E-state index contributed by atoms with van der Waals surface area (Å²) in [6, 6.07) is 28.7. The third-order valence-corrected chi connectivity index (χ3v) is 23.4. The summed E-state index contributed by atoms with van der Waals surface area (Å²) in [6.45, 7) is 6.41. The van der Waals surface area contributed by atoms with E-state index in [1.165, 1.54) is 69.3 Å². The number of nitrogens with two attached hydrogens (primary N) is 2. The number of H-pyrrole nitrogens is 1. The molecule has 8 rings (SSSR count). The molecule has 0 saturated carbocycles. The van der Waals surface area contributed by atoms with Crippen LogP contribution in [0.25, 0.3) is 10.9 Å². The predicted molar refractivity (Wildman–Crippen MR) is 488 cm³/mol. The van der Waals surface area contributed by atoms with Gasteiger partial charge in [-0.1, -0.05) is 193 Å². The number of hydrogen-bond acceptors (Lipinski definition) is 19. The number of nitrogens with zero attached hydrogens (tertiary/aromatic N) is 5. The Hall–Kier alpha value is -13.5. The van der Waals surface area contributed by atoms with Crippen molar-refractivity contribution in [2.45, 2.75) is 178 Å². The van der Waals surface area contributed by atoms with Crippen LogP contribution in [-0.2, 0) is 122 Å². The first-order chi connectivity index (χ1) is 61.9. The second-order valence-electron chi connectivity index (χ2n) is 33.4. The highest BCUT2D eigenvalue weighted by Gasteiger charge is 2.42. The fraction of sp³-hybridized carbons (Fsp3) is 0.426. The highest BCUT2D eigenvalue weighted by Crippen LogP contribution is 2.24. The fourth-order valence-electron chi connectivity index (χ4n) is 15.1. The number of aromatic amines is 1. The average Bonchev–Trinajstić information content (AvgIpc) is 1.47. The summed E-state index contributed by atoms with van der Waals surface area (Å²) < 4.78 is 0. The number of amides is 15. The van der Waals surface area contributed by atoms with Crippen molar-refractivity contribution in [1.82, 2.24) is 77.3 Å². The lowest BCUT2D eigenvalue weighted by Crippen LogP contribution is -2.61. The number of aliphatic carboxylic acids is 1. The van der Waals surface area contributed by atoms with Gasteiger partial charge in [-0.3, -0.25) is 76.7 Å². The second-order valence-corrected chi connectivity index (χ2v) is 34.4. The first-order valence-corrected chi connectivity index (χ1v) is 44.4. The van der Waals surface area contributed by atoms with E-state index in [1.54, 1.807) is 173 Å². The fourth-order valence-corrected chi connectivity index (χ4v) is 16.0. The number of phenols is 1. The number of likely N-dealkylation sites (N-methyl/N-ethyl adjacent to an activating group) is 5. The van der Waals surface area contributed by atoms with Crippen LogP contribution < -0.4 is 59.3 Å². The van der Waals surface area contributed by atoms with E-state index in [0.717, 1.165) is 32.0 Å². The van der Waals surface area contributed by atoms with Crippen molar-refractivity contribution in [3.05, 3.63) is 209 Å². The topological polar surface area (TPSA) is 506 Å². The zero-order valence-corrected chi connectivity index (χ0v) is 75.7. The van der Waals surface area contributed by atoms with Gasteiger partial charge in [0.2, 0.25) is 88.6 Å². The minimum Gasteiger partial charge on any atom is -0.508 e. The molecule has 2 heterocycles. The third-order valence-electron chi connectivity index (χ3n) is 22.4. The van der Waals surface area contributed by atoms with Gasteiger partial charge in [0.15, 0.2) is 0 Å². The minimum atomic E-state index is -1.90. The number of aromatic hydroxyl groups is 1. The van der Waals surface area contributed by atoms with Gasteiger partial charge in [0.1, 0.15) is 72.2 Å². The van der Waals surface area contributed by atoms with E-state index < -0.39 is 199 Å². The number of thioether (sulfide) groups is 1. The summed E-state index contributed by atoms with van der Waals surface area (Å²) >= 11 is 0.833. The van der Waals surface area contributed by atoms with E-state index in [9.17, 15) is 48.6 Å². The Labute approximate surface area is 760 Å². The molecule has 0 unspecified atom stereocenters. The average molecular weight is 1810 g/mol. The molecule has 1 aliphatic heterocycles. The van der Waals surface area contributed by atoms with Crippen LogP contribution >= 0.6 is 11.8 Å². The van der Waals surface area contributed by atoms with E-state index in [2.05, 4.69) is 52.8 Å². The molecule has 1 aliphatic rings. The number of phenolic OH excluding ortho intramolecular Hbond substituents is 1. The van der Waals surface area contributed by atoms with Crippen LogP contribution in [0.1, 0.15) is 106 Å². The van der Waals surface area contributed by atoms with Crippen LogP contribution in [0.3, 0.4) is 0 Å². The van der Waals surface area contributed by atoms with Gasteiger partial charge in [-0.2, -0.15) is 0 Å². The maximum absolute atomic E-state index is 15.5. The number of carbonyl (C=O) groups excluding carboxylic acids is 15. The molecular weight excluding hydrogens is 1690 g/mol. The van der Waals surface area contributed by atoms with E-state index in [1.807, 2.05) is 6.92 Å². The van der Waals surface area contributed by atoms with Crippen LogP contribution in [0.4, 0.5) is 0 Å². The monoisotopic (exact) mass is 1810 g/mol. The second kappa shape index (κ2) is 49.7. The molecule has 15 amide bonds. The van der Waals surface area contributed by atoms with Gasteiger partial charge in [-0.15, -0.1) is 11.8 Å². The van der Waals surface area contributed by atoms with Gasteiger partial charge in [-0.05, 0) is 81.8 Å². The number of carboxylic acid groups (broad SMARTS) is 1. The van der Waals surface area contributed by atoms with Crippen molar-refractivity contribution in [3.63, 3.8) is 0 Å². The lowest BCUT2D eigenvalue weighted by atomic mass is 9.98. The number of benzene rings is 6. The van der Waals surface area contributed by atoms with Crippen LogP contribution in [-0.4, -0.2) is 267 Å². The number of unbranched alkanes of at least 4 members (excludes halogenated alkanes) is 1. The molecule has 0 aliphatic carbocycles. The molecular formula is C94H121N17O18S. The Kier molecular flexibility index (Phi) is 39.0. The van der Waals surface area contributed by atoms with Crippen molar-refractivity contribution in [3.8, 4) is 5.75 Å². The highest BCUT2D eigenvalue weighted by molar-refractivity contribution is 8.00. The summed E-state index contributed by atoms with van der Waals surface area (Å²) in [5.41, 5.74) is 16.0. The summed E-state index contributed by atoms with van der Waals surface area (Å²) in [7, 11) is 6.60. The Bertz CT molecular complexity index is 5090. The molecule has 36 heteroatoms. The number of nitrogens with one attached hydrogen (secondary N) is 10. The number of aromatic nitrogens is 1. The molecule has 7 aromatic rings. The largest absolute Gasteiger partial charge is 0.508 e. The van der Waals surface area contributed by atoms with Crippen LogP contribution in [0.2, 0.25) is 0 Å². The Morgan fingerprint density at radius 2 is 0.923 bits per heavy atom. The molecule has 1 fully saturated rings. The van der Waals surface area contributed by atoms with Gasteiger partial charge in [0, 0.05) is 103 Å². The minimum absolute atomic E-state index is 0.0341. The third kappa shape index (κ3) is 30.6. The van der Waals surface area contributed by atoms with Crippen molar-refractivity contribution in [2.75, 3.05) is 66.4 Å². The van der Waals surface area contributed by atoms with E-state index in [-0.39, 0.29) is 75.3 Å². The predicted octanol–water partition coefficient (Wildman–Crippen LogP) is 2.08. The molecule has 0 radical (unpaired) electrons. The maximum atomic E-state index is 15.5. The lowest BCUT2D eigenvalue weighted by Gasteiger charge is -2.37. The SMILES string of the molecule is CCCC[C@H]1C(=O)N(C)CC(=O)N[C@@H](CC(=O)O)C(=O)N[C@@H](C(C)C)C(=O)N(C)[C@@H](Cc2ccccc2)C(=O)N[C@@H](Cc2ccc(CN)cc2)C(=O)N(C)CC(=O)N[C@@H](Cc2c[nH]c3ccccc23)C(=O)N[C@@H](Cc2ccc(O)cc2)C(=O)N[C@@H](CC(C)C)C(=O)N[C@H](C(=O)NCC(N)=O)CSCC(=O)N[C@@H](Cc2ccccc2)C(=O)N(C)[C@@H](Cc2ccccc2)C(=O)N1C. The molecule has 0 spiro atoms. The molecule has 6 aromatic carbocycles. The molecule has 1 saturated heterocycles. The number of primary amides is 1. The Morgan fingerprint density at radius 3 is 1.48 bits per heavy atom. The van der Waals surface area contributed by atoms with Crippen LogP contribution in [0, 0.1) is 11.8 Å². The number of hydrogen-bond donors (Lipinski definition) is 14. The molecule has 1 aromatic heterocycles. The van der Waals surface area contributed by atoms with Crippen molar-refractivity contribution in [2.24, 2.45) is 23.3 Å². The van der Waals surface area contributed by atoms with E-state index >= 15 is 38.4 Å². The number of rotatable bonds is 24. The summed E-state index contributed by atoms with van der Waals surface area (Å²) in [5.74, 6) is -17.1. The first-order valence-electron chi connectivity index (χ1n) is 43.2. The summed E-state index contributed by atoms with van der Waals surface area (Å²) in [4.78, 5) is 244. The van der Waals surface area contributed by atoms with E-state index in [0.29, 0.717) is 57.1 Å². The zero-order valence-electron chi connectivity index (χ0n) is 74.9. The van der Waals surface area contributed by atoms with Gasteiger partial charge in [0.05, 0.1) is 31.8 Å². The normalized spacial score (nSPS) is 21.8. The molecule has 35 nitrogen and oxygen atoms in total. The van der Waals surface area contributed by atoms with Gasteiger partial charge < -0.3 is 99.0 Å². The van der Waals surface area contributed by atoms with Gasteiger partial charge >= 0.3 is 5.97 Å². The van der Waals surface area contributed by atoms with Crippen molar-refractivity contribution >= 4 is 117 Å². The molecule has 16 N–H and O–H groups in total. The molecule has 11 atom stereocenters. The highest BCUT2D eigenvalue weighted by atomic mass is 32.2. The zero-order chi connectivity index (χ0) is 95.0.